The standard InChI is InChI=1S/C26H35N5O2/c32-26(33-20-21-5-2-1-3-6-21)30-15-13-29(14-16-30)12-4-7-22-17-23(10-11-28-22)31-24-8-9-25(31)19-27-18-24/h1-3,5-6,10-11,17,24-25,27H,4,7-9,12-16,18-20H2. The van der Waals surface area contributed by atoms with Gasteiger partial charge in [-0.3, -0.25) is 9.88 Å². The van der Waals surface area contributed by atoms with Gasteiger partial charge in [0.2, 0.25) is 0 Å². The Morgan fingerprint density at radius 3 is 2.55 bits per heavy atom. The third-order valence-electron chi connectivity index (χ3n) is 7.22. The Hall–Kier alpha value is -2.64. The van der Waals surface area contributed by atoms with Crippen LogP contribution in [0.15, 0.2) is 48.7 Å². The first-order chi connectivity index (χ1) is 16.3. The summed E-state index contributed by atoms with van der Waals surface area (Å²) in [6.45, 7) is 6.83. The quantitative estimate of drug-likeness (QED) is 0.702. The highest BCUT2D eigenvalue weighted by molar-refractivity contribution is 5.67. The molecule has 5 rings (SSSR count). The molecule has 2 atom stereocenters. The summed E-state index contributed by atoms with van der Waals surface area (Å²) in [7, 11) is 0. The molecule has 3 aliphatic rings. The molecule has 1 N–H and O–H groups in total. The zero-order valence-electron chi connectivity index (χ0n) is 19.4. The predicted octanol–water partition coefficient (Wildman–Crippen LogP) is 2.91. The molecule has 3 aliphatic heterocycles. The normalized spacial score (nSPS) is 23.0. The van der Waals surface area contributed by atoms with Crippen molar-refractivity contribution in [1.82, 2.24) is 20.1 Å². The number of benzene rings is 1. The van der Waals surface area contributed by atoms with Crippen LogP contribution in [0.1, 0.15) is 30.5 Å². The summed E-state index contributed by atoms with van der Waals surface area (Å²) in [5, 5.41) is 3.56. The number of anilines is 1. The van der Waals surface area contributed by atoms with E-state index in [-0.39, 0.29) is 6.09 Å². The van der Waals surface area contributed by atoms with Crippen molar-refractivity contribution in [2.45, 2.75) is 44.4 Å². The smallest absolute Gasteiger partial charge is 0.410 e. The third-order valence-corrected chi connectivity index (χ3v) is 7.22. The minimum Gasteiger partial charge on any atom is -0.445 e. The molecule has 176 valence electrons. The SMILES string of the molecule is O=C(OCc1ccccc1)N1CCN(CCCc2cc(N3C4CCC3CNC4)ccn2)CC1. The van der Waals surface area contributed by atoms with Gasteiger partial charge in [0.25, 0.3) is 0 Å². The molecule has 7 heteroatoms. The number of piperazine rings is 2. The largest absolute Gasteiger partial charge is 0.445 e. The molecule has 3 saturated heterocycles. The van der Waals surface area contributed by atoms with Crippen LogP contribution in [-0.4, -0.2) is 78.8 Å². The fraction of sp³-hybridized carbons (Fsp3) is 0.538. The number of carbonyl (C=O) groups excluding carboxylic acids is 1. The first kappa shape index (κ1) is 22.2. The molecule has 1 amide bonds. The summed E-state index contributed by atoms with van der Waals surface area (Å²) < 4.78 is 5.47. The van der Waals surface area contributed by atoms with E-state index in [1.165, 1.54) is 24.2 Å². The summed E-state index contributed by atoms with van der Waals surface area (Å²) in [6.07, 6.45) is 6.44. The maximum Gasteiger partial charge on any atom is 0.410 e. The van der Waals surface area contributed by atoms with Gasteiger partial charge in [-0.15, -0.1) is 0 Å². The molecule has 0 spiro atoms. The highest BCUT2D eigenvalue weighted by Gasteiger charge is 2.36. The lowest BCUT2D eigenvalue weighted by Crippen LogP contribution is -2.52. The number of aromatic nitrogens is 1. The van der Waals surface area contributed by atoms with E-state index in [0.717, 1.165) is 64.2 Å². The highest BCUT2D eigenvalue weighted by atomic mass is 16.6. The lowest BCUT2D eigenvalue weighted by molar-refractivity contribution is 0.0714. The van der Waals surface area contributed by atoms with E-state index in [4.69, 9.17) is 4.74 Å². The number of hydrogen-bond acceptors (Lipinski definition) is 6. The zero-order chi connectivity index (χ0) is 22.5. The lowest BCUT2D eigenvalue weighted by Gasteiger charge is -2.37. The van der Waals surface area contributed by atoms with Gasteiger partial charge in [-0.25, -0.2) is 4.79 Å². The Kier molecular flexibility index (Phi) is 7.07. The van der Waals surface area contributed by atoms with Crippen molar-refractivity contribution < 1.29 is 9.53 Å². The van der Waals surface area contributed by atoms with Gasteiger partial charge in [0.15, 0.2) is 0 Å². The fourth-order valence-electron chi connectivity index (χ4n) is 5.41. The van der Waals surface area contributed by atoms with Crippen LogP contribution < -0.4 is 10.2 Å². The van der Waals surface area contributed by atoms with E-state index in [0.29, 0.717) is 18.7 Å². The summed E-state index contributed by atoms with van der Waals surface area (Å²) in [5.41, 5.74) is 3.55. The Morgan fingerprint density at radius 1 is 1.03 bits per heavy atom. The Morgan fingerprint density at radius 2 is 1.79 bits per heavy atom. The number of ether oxygens (including phenoxy) is 1. The van der Waals surface area contributed by atoms with E-state index in [1.54, 1.807) is 0 Å². The molecule has 0 radical (unpaired) electrons. The average molecular weight is 450 g/mol. The number of hydrogen-bond donors (Lipinski definition) is 1. The van der Waals surface area contributed by atoms with E-state index in [9.17, 15) is 4.79 Å². The van der Waals surface area contributed by atoms with Crippen molar-refractivity contribution in [3.05, 3.63) is 59.9 Å². The number of nitrogens with one attached hydrogen (secondary N) is 1. The fourth-order valence-corrected chi connectivity index (χ4v) is 5.41. The molecule has 4 heterocycles. The van der Waals surface area contributed by atoms with Crippen LogP contribution in [0.3, 0.4) is 0 Å². The molecule has 1 aromatic carbocycles. The molecule has 2 aromatic rings. The van der Waals surface area contributed by atoms with Crippen LogP contribution in [0.2, 0.25) is 0 Å². The topological polar surface area (TPSA) is 60.9 Å². The van der Waals surface area contributed by atoms with Gasteiger partial charge in [0.05, 0.1) is 0 Å². The molecule has 0 aliphatic carbocycles. The average Bonchev–Trinajstić information content (AvgIpc) is 3.12. The van der Waals surface area contributed by atoms with Crippen molar-refractivity contribution in [2.75, 3.05) is 50.7 Å². The third kappa shape index (κ3) is 5.47. The van der Waals surface area contributed by atoms with Crippen LogP contribution in [0.25, 0.3) is 0 Å². The lowest BCUT2D eigenvalue weighted by atomic mass is 10.1. The van der Waals surface area contributed by atoms with Gasteiger partial charge in [-0.1, -0.05) is 30.3 Å². The van der Waals surface area contributed by atoms with E-state index in [2.05, 4.69) is 32.2 Å². The van der Waals surface area contributed by atoms with E-state index < -0.39 is 0 Å². The number of rotatable bonds is 7. The molecule has 33 heavy (non-hydrogen) atoms. The number of aryl methyl sites for hydroxylation is 1. The first-order valence-corrected chi connectivity index (χ1v) is 12.4. The number of pyridine rings is 1. The van der Waals surface area contributed by atoms with Gasteiger partial charge in [0, 0.05) is 68.9 Å². The van der Waals surface area contributed by atoms with Gasteiger partial charge in [-0.05, 0) is 49.9 Å². The van der Waals surface area contributed by atoms with Crippen molar-refractivity contribution in [3.8, 4) is 0 Å². The Bertz CT molecular complexity index is 900. The zero-order valence-corrected chi connectivity index (χ0v) is 19.4. The van der Waals surface area contributed by atoms with E-state index >= 15 is 0 Å². The maximum absolute atomic E-state index is 12.4. The van der Waals surface area contributed by atoms with Gasteiger partial charge < -0.3 is 19.9 Å². The van der Waals surface area contributed by atoms with Gasteiger partial charge in [-0.2, -0.15) is 0 Å². The number of carbonyl (C=O) groups is 1. The van der Waals surface area contributed by atoms with Crippen molar-refractivity contribution in [3.63, 3.8) is 0 Å². The second kappa shape index (κ2) is 10.5. The molecule has 0 saturated carbocycles. The number of amides is 1. The Labute approximate surface area is 196 Å². The molecular weight excluding hydrogens is 414 g/mol. The first-order valence-electron chi connectivity index (χ1n) is 12.4. The second-order valence-electron chi connectivity index (χ2n) is 9.43. The minimum absolute atomic E-state index is 0.207. The summed E-state index contributed by atoms with van der Waals surface area (Å²) in [6, 6.07) is 15.6. The van der Waals surface area contributed by atoms with Gasteiger partial charge >= 0.3 is 6.09 Å². The molecule has 3 fully saturated rings. The summed E-state index contributed by atoms with van der Waals surface area (Å²) >= 11 is 0. The maximum atomic E-state index is 12.4. The van der Waals surface area contributed by atoms with Crippen LogP contribution in [0.4, 0.5) is 10.5 Å². The number of nitrogens with zero attached hydrogens (tertiary/aromatic N) is 4. The molecule has 7 nitrogen and oxygen atoms in total. The van der Waals surface area contributed by atoms with Crippen molar-refractivity contribution in [2.24, 2.45) is 0 Å². The van der Waals surface area contributed by atoms with Crippen molar-refractivity contribution >= 4 is 11.8 Å². The molecule has 2 bridgehead atoms. The minimum atomic E-state index is -0.207. The van der Waals surface area contributed by atoms with Crippen LogP contribution >= 0.6 is 0 Å². The Balaban J connectivity index is 1.03. The second-order valence-corrected chi connectivity index (χ2v) is 9.43. The van der Waals surface area contributed by atoms with Crippen LogP contribution in [0.5, 0.6) is 0 Å². The monoisotopic (exact) mass is 449 g/mol. The van der Waals surface area contributed by atoms with Gasteiger partial charge in [0.1, 0.15) is 6.61 Å². The molecular formula is C26H35N5O2. The van der Waals surface area contributed by atoms with Crippen molar-refractivity contribution in [1.29, 1.82) is 0 Å². The summed E-state index contributed by atoms with van der Waals surface area (Å²) in [4.78, 5) is 23.9. The predicted molar refractivity (Wildman–Crippen MR) is 129 cm³/mol. The van der Waals surface area contributed by atoms with Crippen LogP contribution in [0, 0.1) is 0 Å². The van der Waals surface area contributed by atoms with E-state index in [1.807, 2.05) is 41.4 Å². The summed E-state index contributed by atoms with van der Waals surface area (Å²) in [5.74, 6) is 0. The number of fused-ring (bicyclic) bond motifs is 2. The molecule has 1 aromatic heterocycles. The highest BCUT2D eigenvalue weighted by Crippen LogP contribution is 2.32. The van der Waals surface area contributed by atoms with Crippen LogP contribution in [-0.2, 0) is 17.8 Å². The molecule has 2 unspecified atom stereocenters.